The lowest BCUT2D eigenvalue weighted by molar-refractivity contribution is 0.257. The summed E-state index contributed by atoms with van der Waals surface area (Å²) in [4.78, 5) is 13.4. The van der Waals surface area contributed by atoms with Crippen LogP contribution in [0.15, 0.2) is 30.3 Å². The van der Waals surface area contributed by atoms with Gasteiger partial charge in [-0.25, -0.2) is 0 Å². The summed E-state index contributed by atoms with van der Waals surface area (Å²) in [5.74, 6) is 0. The highest BCUT2D eigenvalue weighted by molar-refractivity contribution is 7.77. The summed E-state index contributed by atoms with van der Waals surface area (Å²) in [6.45, 7) is 6.37. The molecule has 0 saturated carbocycles. The summed E-state index contributed by atoms with van der Waals surface area (Å²) in [6.07, 6.45) is 0.0585. The lowest BCUT2D eigenvalue weighted by Crippen LogP contribution is -2.45. The predicted octanol–water partition coefficient (Wildman–Crippen LogP) is 3.64. The lowest BCUT2D eigenvalue weighted by atomic mass is 10.2. The molecule has 1 amide bonds. The van der Waals surface area contributed by atoms with E-state index in [9.17, 15) is 4.79 Å². The number of benzene rings is 1. The fourth-order valence-corrected chi connectivity index (χ4v) is 4.13. The molecule has 0 spiro atoms. The van der Waals surface area contributed by atoms with E-state index >= 15 is 0 Å². The molecule has 1 aliphatic heterocycles. The quantitative estimate of drug-likeness (QED) is 0.631. The Morgan fingerprint density at radius 1 is 1.42 bits per heavy atom. The van der Waals surface area contributed by atoms with E-state index in [-0.39, 0.29) is 6.10 Å². The zero-order valence-electron chi connectivity index (χ0n) is 11.2. The van der Waals surface area contributed by atoms with Gasteiger partial charge in [0.2, 0.25) is 0 Å². The van der Waals surface area contributed by atoms with Gasteiger partial charge in [0.25, 0.3) is 0 Å². The van der Waals surface area contributed by atoms with Crippen molar-refractivity contribution in [2.24, 2.45) is 0 Å². The first-order valence-electron chi connectivity index (χ1n) is 6.09. The summed E-state index contributed by atoms with van der Waals surface area (Å²) >= 11 is 4.88. The van der Waals surface area contributed by atoms with E-state index in [1.54, 1.807) is 4.90 Å². The van der Waals surface area contributed by atoms with Crippen LogP contribution in [0, 0.1) is 0 Å². The van der Waals surface area contributed by atoms with Gasteiger partial charge in [-0.3, -0.25) is 0 Å². The molecule has 0 bridgehead atoms. The van der Waals surface area contributed by atoms with Crippen LogP contribution in [0.4, 0.5) is 10.5 Å². The fraction of sp³-hybridized carbons (Fsp3) is 0.462. The van der Waals surface area contributed by atoms with Crippen LogP contribution >= 0.6 is 8.38 Å². The topological polar surface area (TPSA) is 38.8 Å². The number of rotatable bonds is 3. The summed E-state index contributed by atoms with van der Waals surface area (Å²) in [5, 5.41) is -1.02. The maximum Gasteiger partial charge on any atom is 0.198 e. The molecular formula is C13H17NO3PS-. The average molecular weight is 298 g/mol. The van der Waals surface area contributed by atoms with E-state index in [4.69, 9.17) is 21.7 Å². The average Bonchev–Trinajstić information content (AvgIpc) is 2.77. The second-order valence-corrected chi connectivity index (χ2v) is 7.33. The van der Waals surface area contributed by atoms with Crippen molar-refractivity contribution in [3.63, 3.8) is 0 Å². The first-order valence-corrected chi connectivity index (χ1v) is 7.67. The maximum atomic E-state index is 11.9. The van der Waals surface area contributed by atoms with E-state index in [1.807, 2.05) is 51.1 Å². The van der Waals surface area contributed by atoms with Crippen LogP contribution in [-0.2, 0) is 21.7 Å². The summed E-state index contributed by atoms with van der Waals surface area (Å²) < 4.78 is 11.5. The van der Waals surface area contributed by atoms with Crippen LogP contribution in [0.25, 0.3) is 0 Å². The molecule has 0 radical (unpaired) electrons. The first kappa shape index (κ1) is 14.7. The van der Waals surface area contributed by atoms with Gasteiger partial charge in [0, 0.05) is 5.69 Å². The molecule has 1 aromatic rings. The van der Waals surface area contributed by atoms with Crippen molar-refractivity contribution in [3.05, 3.63) is 30.3 Å². The molecule has 6 heteroatoms. The standard InChI is InChI=1S/C13H18NO3PS/c1-10-9-16-18(17-10)13(2,3)14(12(15)19)11-7-5-4-6-8-11/h4-8,10H,9H2,1-3H3,(H,15,19)/p-1. The molecule has 1 heterocycles. The molecular weight excluding hydrogens is 281 g/mol. The third kappa shape index (κ3) is 3.06. The minimum atomic E-state index is -1.18. The van der Waals surface area contributed by atoms with Crippen molar-refractivity contribution in [1.82, 2.24) is 0 Å². The van der Waals surface area contributed by atoms with Crippen molar-refractivity contribution >= 4 is 31.9 Å². The number of hydrogen-bond donors (Lipinski definition) is 0. The smallest absolute Gasteiger partial charge is 0.198 e. The Kier molecular flexibility index (Phi) is 4.41. The summed E-state index contributed by atoms with van der Waals surface area (Å²) in [7, 11) is -1.18. The van der Waals surface area contributed by atoms with Crippen molar-refractivity contribution in [1.29, 1.82) is 0 Å². The number of anilines is 1. The molecule has 1 fully saturated rings. The normalized spacial score (nSPS) is 23.3. The Hall–Kier alpha value is -0.740. The van der Waals surface area contributed by atoms with Gasteiger partial charge in [0.05, 0.1) is 12.7 Å². The molecule has 0 N–H and O–H groups in total. The van der Waals surface area contributed by atoms with Gasteiger partial charge < -0.3 is 31.4 Å². The highest BCUT2D eigenvalue weighted by Crippen LogP contribution is 2.58. The fourth-order valence-electron chi connectivity index (χ4n) is 1.99. The second kappa shape index (κ2) is 5.71. The van der Waals surface area contributed by atoms with Crippen LogP contribution in [0.2, 0.25) is 0 Å². The van der Waals surface area contributed by atoms with Crippen molar-refractivity contribution < 1.29 is 13.8 Å². The largest absolute Gasteiger partial charge is 0.719 e. The molecule has 0 aliphatic carbocycles. The molecule has 1 saturated heterocycles. The third-order valence-electron chi connectivity index (χ3n) is 2.89. The van der Waals surface area contributed by atoms with E-state index in [0.717, 1.165) is 5.69 Å². The number of carbonyl (C=O) groups excluding carboxylic acids is 1. The Labute approximate surface area is 120 Å². The van der Waals surface area contributed by atoms with Crippen molar-refractivity contribution in [2.75, 3.05) is 11.5 Å². The predicted molar refractivity (Wildman–Crippen MR) is 79.2 cm³/mol. The third-order valence-corrected chi connectivity index (χ3v) is 5.10. The maximum absolute atomic E-state index is 11.9. The molecule has 2 atom stereocenters. The van der Waals surface area contributed by atoms with E-state index < -0.39 is 18.9 Å². The Morgan fingerprint density at radius 2 is 2.05 bits per heavy atom. The number of hydrogen-bond acceptors (Lipinski definition) is 4. The zero-order chi connectivity index (χ0) is 14.0. The van der Waals surface area contributed by atoms with E-state index in [2.05, 4.69) is 0 Å². The minimum Gasteiger partial charge on any atom is -0.719 e. The zero-order valence-corrected chi connectivity index (χ0v) is 12.9. The summed E-state index contributed by atoms with van der Waals surface area (Å²) in [6, 6.07) is 9.38. The van der Waals surface area contributed by atoms with Gasteiger partial charge in [0.1, 0.15) is 10.5 Å². The SMILES string of the molecule is CC1COP(C(C)(C)N(C(=O)[S-])c2ccccc2)O1. The van der Waals surface area contributed by atoms with Gasteiger partial charge >= 0.3 is 0 Å². The number of carbonyl (C=O) groups is 1. The van der Waals surface area contributed by atoms with Gasteiger partial charge in [-0.1, -0.05) is 18.2 Å². The van der Waals surface area contributed by atoms with Crippen LogP contribution in [-0.4, -0.2) is 23.2 Å². The lowest BCUT2D eigenvalue weighted by Gasteiger charge is -2.42. The van der Waals surface area contributed by atoms with Crippen LogP contribution in [0.1, 0.15) is 20.8 Å². The van der Waals surface area contributed by atoms with Crippen LogP contribution in [0.3, 0.4) is 0 Å². The highest BCUT2D eigenvalue weighted by atomic mass is 32.1. The van der Waals surface area contributed by atoms with Gasteiger partial charge in [-0.2, -0.15) is 0 Å². The molecule has 2 unspecified atom stereocenters. The number of nitrogens with zero attached hydrogens (tertiary/aromatic N) is 1. The Morgan fingerprint density at radius 3 is 2.53 bits per heavy atom. The van der Waals surface area contributed by atoms with Gasteiger partial charge in [-0.15, -0.1) is 0 Å². The Balaban J connectivity index is 2.31. The minimum absolute atomic E-state index is 0.0585. The molecule has 4 nitrogen and oxygen atoms in total. The molecule has 104 valence electrons. The highest BCUT2D eigenvalue weighted by Gasteiger charge is 2.43. The molecule has 0 aromatic heterocycles. The second-order valence-electron chi connectivity index (χ2n) is 4.90. The molecule has 19 heavy (non-hydrogen) atoms. The number of amides is 1. The van der Waals surface area contributed by atoms with Gasteiger partial charge in [0.15, 0.2) is 8.38 Å². The van der Waals surface area contributed by atoms with E-state index in [0.29, 0.717) is 6.61 Å². The number of para-hydroxylation sites is 1. The van der Waals surface area contributed by atoms with Crippen LogP contribution in [0.5, 0.6) is 0 Å². The molecule has 2 rings (SSSR count). The first-order chi connectivity index (χ1) is 8.93. The van der Waals surface area contributed by atoms with E-state index in [1.165, 1.54) is 0 Å². The monoisotopic (exact) mass is 298 g/mol. The van der Waals surface area contributed by atoms with Crippen molar-refractivity contribution in [3.8, 4) is 0 Å². The summed E-state index contributed by atoms with van der Waals surface area (Å²) in [5.41, 5.74) is 0.766. The van der Waals surface area contributed by atoms with Crippen molar-refractivity contribution in [2.45, 2.75) is 32.2 Å². The molecule has 1 aliphatic rings. The Bertz CT molecular complexity index is 454. The molecule has 1 aromatic carbocycles. The van der Waals surface area contributed by atoms with Gasteiger partial charge in [-0.05, 0) is 32.9 Å². The van der Waals surface area contributed by atoms with Crippen LogP contribution < -0.4 is 4.90 Å².